The number of benzene rings is 1. The summed E-state index contributed by atoms with van der Waals surface area (Å²) in [6.45, 7) is 0.313. The molecule has 0 aliphatic heterocycles. The van der Waals surface area contributed by atoms with E-state index < -0.39 is 5.91 Å². The highest BCUT2D eigenvalue weighted by molar-refractivity contribution is 5.76. The van der Waals surface area contributed by atoms with Gasteiger partial charge in [-0.1, -0.05) is 17.3 Å². The molecule has 11 heteroatoms. The number of hydrogen-bond acceptors (Lipinski definition) is 9. The van der Waals surface area contributed by atoms with Crippen molar-refractivity contribution in [2.75, 3.05) is 17.7 Å². The summed E-state index contributed by atoms with van der Waals surface area (Å²) in [7, 11) is 1.66. The predicted molar refractivity (Wildman–Crippen MR) is 121 cm³/mol. The van der Waals surface area contributed by atoms with Crippen LogP contribution in [0.4, 0.5) is 17.6 Å². The molecule has 4 aromatic rings. The van der Waals surface area contributed by atoms with Crippen molar-refractivity contribution in [3.63, 3.8) is 0 Å². The molecule has 0 spiro atoms. The highest BCUT2D eigenvalue weighted by atomic mass is 16.5. The lowest BCUT2D eigenvalue weighted by Crippen LogP contribution is -2.13. The van der Waals surface area contributed by atoms with Crippen molar-refractivity contribution >= 4 is 23.5 Å². The first-order valence-corrected chi connectivity index (χ1v) is 10.3. The maximum Gasteiger partial charge on any atom is 0.224 e. The van der Waals surface area contributed by atoms with Crippen molar-refractivity contribution in [2.45, 2.75) is 25.8 Å². The molecule has 0 aliphatic rings. The highest BCUT2D eigenvalue weighted by Gasteiger charge is 2.08. The Morgan fingerprint density at radius 2 is 2.00 bits per heavy atom. The van der Waals surface area contributed by atoms with Crippen LogP contribution in [0.3, 0.4) is 0 Å². The second kappa shape index (κ2) is 10.3. The Kier molecular flexibility index (Phi) is 6.78. The number of aryl methyl sites for hydroxylation is 2. The third kappa shape index (κ3) is 6.29. The monoisotopic (exact) mass is 448 g/mol. The Hall–Kier alpha value is -4.41. The molecule has 170 valence electrons. The molecular weight excluding hydrogens is 424 g/mol. The van der Waals surface area contributed by atoms with E-state index >= 15 is 0 Å². The summed E-state index contributed by atoms with van der Waals surface area (Å²) in [6, 6.07) is 13.4. The fraction of sp³-hybridized carbons (Fsp3) is 0.227. The van der Waals surface area contributed by atoms with Gasteiger partial charge < -0.3 is 25.6 Å². The molecule has 1 aromatic carbocycles. The number of primary amides is 1. The maximum atomic E-state index is 11.0. The number of hydrogen-bond donors (Lipinski definition) is 4. The van der Waals surface area contributed by atoms with Crippen LogP contribution in [0.5, 0.6) is 5.75 Å². The van der Waals surface area contributed by atoms with Gasteiger partial charge in [0.05, 0.1) is 25.8 Å². The topological polar surface area (TPSA) is 157 Å². The van der Waals surface area contributed by atoms with E-state index in [-0.39, 0.29) is 6.42 Å². The van der Waals surface area contributed by atoms with Crippen LogP contribution in [0.15, 0.2) is 53.2 Å². The number of aromatic amines is 1. The van der Waals surface area contributed by atoms with Crippen molar-refractivity contribution in [3.8, 4) is 5.75 Å². The number of nitrogens with two attached hydrogens (primary N) is 1. The molecule has 5 N–H and O–H groups in total. The van der Waals surface area contributed by atoms with Gasteiger partial charge in [-0.25, -0.2) is 4.98 Å². The Morgan fingerprint density at radius 3 is 2.79 bits per heavy atom. The van der Waals surface area contributed by atoms with Gasteiger partial charge in [-0.15, -0.1) is 0 Å². The first-order valence-electron chi connectivity index (χ1n) is 10.3. The number of aromatic nitrogens is 5. The third-order valence-electron chi connectivity index (χ3n) is 4.77. The summed E-state index contributed by atoms with van der Waals surface area (Å²) in [5, 5.41) is 17.4. The van der Waals surface area contributed by atoms with Crippen LogP contribution in [0.1, 0.15) is 22.7 Å². The predicted octanol–water partition coefficient (Wildman–Crippen LogP) is 2.36. The number of ether oxygens (including phenoxy) is 1. The summed E-state index contributed by atoms with van der Waals surface area (Å²) in [4.78, 5) is 19.6. The van der Waals surface area contributed by atoms with Crippen LogP contribution >= 0.6 is 0 Å². The van der Waals surface area contributed by atoms with E-state index in [1.54, 1.807) is 25.4 Å². The SMILES string of the molecule is COc1ccc(CCc2cc(Nc3ccnc(NCc4cc(CC(N)=O)no4)n3)n[nH]2)cc1. The minimum atomic E-state index is -0.466. The number of carbonyl (C=O) groups excluding carboxylic acids is 1. The summed E-state index contributed by atoms with van der Waals surface area (Å²) < 4.78 is 10.4. The van der Waals surface area contributed by atoms with Gasteiger partial charge in [0.2, 0.25) is 11.9 Å². The average molecular weight is 448 g/mol. The number of methoxy groups -OCH3 is 1. The van der Waals surface area contributed by atoms with Gasteiger partial charge >= 0.3 is 0 Å². The fourth-order valence-electron chi connectivity index (χ4n) is 3.14. The standard InChI is InChI=1S/C22H24N8O3/c1-32-17-6-3-14(4-7-17)2-5-15-12-21(29-28-15)26-20-8-9-24-22(27-20)25-13-18-10-16(30-33-18)11-19(23)31/h3-4,6-10,12H,2,5,11,13H2,1H3,(H2,23,31)(H3,24,25,26,27,28,29). The van der Waals surface area contributed by atoms with Crippen molar-refractivity contribution in [2.24, 2.45) is 5.73 Å². The van der Waals surface area contributed by atoms with Crippen LogP contribution in [-0.2, 0) is 30.6 Å². The second-order valence-corrected chi connectivity index (χ2v) is 7.30. The average Bonchev–Trinajstić information content (AvgIpc) is 3.46. The summed E-state index contributed by atoms with van der Waals surface area (Å²) in [5.74, 6) is 2.58. The van der Waals surface area contributed by atoms with E-state index in [1.807, 2.05) is 18.2 Å². The first kappa shape index (κ1) is 21.8. The number of nitrogens with zero attached hydrogens (tertiary/aromatic N) is 4. The van der Waals surface area contributed by atoms with Crippen molar-refractivity contribution in [1.82, 2.24) is 25.3 Å². The molecule has 33 heavy (non-hydrogen) atoms. The zero-order chi connectivity index (χ0) is 23.0. The van der Waals surface area contributed by atoms with E-state index in [0.717, 1.165) is 24.3 Å². The van der Waals surface area contributed by atoms with Gasteiger partial charge in [0.15, 0.2) is 11.6 Å². The molecule has 0 radical (unpaired) electrons. The highest BCUT2D eigenvalue weighted by Crippen LogP contribution is 2.17. The van der Waals surface area contributed by atoms with E-state index in [0.29, 0.717) is 35.6 Å². The minimum Gasteiger partial charge on any atom is -0.497 e. The summed E-state index contributed by atoms with van der Waals surface area (Å²) >= 11 is 0. The molecule has 11 nitrogen and oxygen atoms in total. The Morgan fingerprint density at radius 1 is 1.15 bits per heavy atom. The number of H-pyrrole nitrogens is 1. The largest absolute Gasteiger partial charge is 0.497 e. The van der Waals surface area contributed by atoms with Gasteiger partial charge in [0, 0.05) is 24.0 Å². The zero-order valence-electron chi connectivity index (χ0n) is 18.0. The van der Waals surface area contributed by atoms with Crippen LogP contribution in [-0.4, -0.2) is 38.3 Å². The lowest BCUT2D eigenvalue weighted by Gasteiger charge is -2.05. The second-order valence-electron chi connectivity index (χ2n) is 7.30. The lowest BCUT2D eigenvalue weighted by molar-refractivity contribution is -0.117. The van der Waals surface area contributed by atoms with E-state index in [9.17, 15) is 4.79 Å². The number of anilines is 3. The minimum absolute atomic E-state index is 0.0329. The Balaban J connectivity index is 1.29. The number of rotatable bonds is 11. The van der Waals surface area contributed by atoms with Crippen LogP contribution in [0.25, 0.3) is 0 Å². The zero-order valence-corrected chi connectivity index (χ0v) is 18.0. The van der Waals surface area contributed by atoms with Gasteiger partial charge in [0.1, 0.15) is 11.6 Å². The molecule has 0 atom stereocenters. The van der Waals surface area contributed by atoms with E-state index in [4.69, 9.17) is 15.0 Å². The summed E-state index contributed by atoms with van der Waals surface area (Å²) in [6.07, 6.45) is 3.38. The van der Waals surface area contributed by atoms with Crippen LogP contribution < -0.4 is 21.1 Å². The van der Waals surface area contributed by atoms with Gasteiger partial charge in [-0.05, 0) is 36.6 Å². The molecule has 3 aromatic heterocycles. The molecule has 4 rings (SSSR count). The van der Waals surface area contributed by atoms with Gasteiger partial charge in [-0.2, -0.15) is 10.1 Å². The van der Waals surface area contributed by atoms with Gasteiger partial charge in [0.25, 0.3) is 0 Å². The normalized spacial score (nSPS) is 10.7. The van der Waals surface area contributed by atoms with Crippen LogP contribution in [0.2, 0.25) is 0 Å². The molecule has 0 unspecified atom stereocenters. The Labute approximate surface area is 189 Å². The lowest BCUT2D eigenvalue weighted by atomic mass is 10.1. The quantitative estimate of drug-likeness (QED) is 0.270. The molecule has 0 fully saturated rings. The van der Waals surface area contributed by atoms with Gasteiger partial charge in [-0.3, -0.25) is 9.89 Å². The molecular formula is C22H24N8O3. The number of nitrogens with one attached hydrogen (secondary N) is 3. The molecule has 3 heterocycles. The molecule has 0 bridgehead atoms. The number of amides is 1. The molecule has 1 amide bonds. The van der Waals surface area contributed by atoms with Crippen molar-refractivity contribution in [3.05, 3.63) is 71.4 Å². The first-order chi connectivity index (χ1) is 16.1. The maximum absolute atomic E-state index is 11.0. The third-order valence-corrected chi connectivity index (χ3v) is 4.77. The number of carbonyl (C=O) groups is 1. The van der Waals surface area contributed by atoms with Crippen molar-refractivity contribution in [1.29, 1.82) is 0 Å². The summed E-state index contributed by atoms with van der Waals surface area (Å²) in [5.41, 5.74) is 7.88. The smallest absolute Gasteiger partial charge is 0.224 e. The van der Waals surface area contributed by atoms with E-state index in [2.05, 4.69) is 48.1 Å². The molecule has 0 saturated carbocycles. The molecule has 0 saturated heterocycles. The van der Waals surface area contributed by atoms with Crippen molar-refractivity contribution < 1.29 is 14.1 Å². The molecule has 0 aliphatic carbocycles. The Bertz CT molecular complexity index is 1200. The van der Waals surface area contributed by atoms with E-state index in [1.165, 1.54) is 5.56 Å². The van der Waals surface area contributed by atoms with Crippen LogP contribution in [0, 0.1) is 0 Å². The fourth-order valence-corrected chi connectivity index (χ4v) is 3.14.